The standard InChI is InChI=1S/C10H14BrClOSi/c1-7-8(11)5-6-9(10(7)12)13-14(2,3)4/h5-6H,1-4H3. The molecule has 1 aromatic rings. The van der Waals surface area contributed by atoms with E-state index < -0.39 is 8.32 Å². The maximum atomic E-state index is 6.17. The van der Waals surface area contributed by atoms with Crippen molar-refractivity contribution in [3.63, 3.8) is 0 Å². The minimum absolute atomic E-state index is 0.710. The first-order chi connectivity index (χ1) is 6.31. The largest absolute Gasteiger partial charge is 0.543 e. The first-order valence-electron chi connectivity index (χ1n) is 4.45. The zero-order valence-electron chi connectivity index (χ0n) is 8.82. The minimum atomic E-state index is -1.57. The van der Waals surface area contributed by atoms with Crippen LogP contribution in [0.3, 0.4) is 0 Å². The summed E-state index contributed by atoms with van der Waals surface area (Å²) in [4.78, 5) is 0. The fourth-order valence-corrected chi connectivity index (χ4v) is 2.59. The highest BCUT2D eigenvalue weighted by Crippen LogP contribution is 2.34. The SMILES string of the molecule is Cc1c(Br)ccc(O[Si](C)(C)C)c1Cl. The van der Waals surface area contributed by atoms with Crippen molar-refractivity contribution in [2.24, 2.45) is 0 Å². The molecule has 0 unspecified atom stereocenters. The lowest BCUT2D eigenvalue weighted by molar-refractivity contribution is 0.557. The fourth-order valence-electron chi connectivity index (χ4n) is 1.05. The van der Waals surface area contributed by atoms with Crippen LogP contribution in [0.15, 0.2) is 16.6 Å². The van der Waals surface area contributed by atoms with Crippen LogP contribution in [-0.2, 0) is 0 Å². The van der Waals surface area contributed by atoms with Crippen LogP contribution in [-0.4, -0.2) is 8.32 Å². The number of benzene rings is 1. The molecule has 0 fully saturated rings. The predicted molar refractivity (Wildman–Crippen MR) is 67.9 cm³/mol. The zero-order chi connectivity index (χ0) is 10.9. The van der Waals surface area contributed by atoms with Crippen molar-refractivity contribution < 1.29 is 4.43 Å². The van der Waals surface area contributed by atoms with Gasteiger partial charge < -0.3 is 4.43 Å². The van der Waals surface area contributed by atoms with E-state index in [1.165, 1.54) is 0 Å². The lowest BCUT2D eigenvalue weighted by Crippen LogP contribution is -2.29. The summed E-state index contributed by atoms with van der Waals surface area (Å²) in [7, 11) is -1.57. The third-order valence-electron chi connectivity index (χ3n) is 1.70. The van der Waals surface area contributed by atoms with E-state index in [-0.39, 0.29) is 0 Å². The molecule has 0 aliphatic heterocycles. The molecule has 0 N–H and O–H groups in total. The summed E-state index contributed by atoms with van der Waals surface area (Å²) in [6.45, 7) is 8.39. The lowest BCUT2D eigenvalue weighted by atomic mass is 10.2. The third kappa shape index (κ3) is 3.00. The molecule has 0 atom stereocenters. The molecule has 0 saturated carbocycles. The molecule has 78 valence electrons. The van der Waals surface area contributed by atoms with Crippen LogP contribution in [0.4, 0.5) is 0 Å². The Bertz CT molecular complexity index is 347. The smallest absolute Gasteiger partial charge is 0.242 e. The number of rotatable bonds is 2. The van der Waals surface area contributed by atoms with E-state index in [9.17, 15) is 0 Å². The van der Waals surface area contributed by atoms with E-state index in [2.05, 4.69) is 35.6 Å². The molecule has 0 amide bonds. The molecular formula is C10H14BrClOSi. The molecule has 0 radical (unpaired) electrons. The van der Waals surface area contributed by atoms with E-state index in [0.717, 1.165) is 15.8 Å². The van der Waals surface area contributed by atoms with E-state index >= 15 is 0 Å². The average molecular weight is 294 g/mol. The second kappa shape index (κ2) is 4.25. The Kier molecular flexibility index (Phi) is 3.67. The maximum absolute atomic E-state index is 6.17. The summed E-state index contributed by atoms with van der Waals surface area (Å²) in [6.07, 6.45) is 0. The zero-order valence-corrected chi connectivity index (χ0v) is 12.2. The first-order valence-corrected chi connectivity index (χ1v) is 9.03. The lowest BCUT2D eigenvalue weighted by Gasteiger charge is -2.21. The van der Waals surface area contributed by atoms with E-state index in [1.54, 1.807) is 0 Å². The highest BCUT2D eigenvalue weighted by atomic mass is 79.9. The normalized spacial score (nSPS) is 11.6. The Morgan fingerprint density at radius 3 is 2.36 bits per heavy atom. The van der Waals surface area contributed by atoms with E-state index in [4.69, 9.17) is 16.0 Å². The van der Waals surface area contributed by atoms with Crippen LogP contribution in [0.5, 0.6) is 5.75 Å². The number of hydrogen-bond acceptors (Lipinski definition) is 1. The molecule has 0 bridgehead atoms. The Morgan fingerprint density at radius 1 is 1.29 bits per heavy atom. The average Bonchev–Trinajstić information content (AvgIpc) is 2.04. The molecule has 1 aromatic carbocycles. The molecule has 14 heavy (non-hydrogen) atoms. The highest BCUT2D eigenvalue weighted by Gasteiger charge is 2.18. The van der Waals surface area contributed by atoms with Gasteiger partial charge >= 0.3 is 0 Å². The van der Waals surface area contributed by atoms with Crippen molar-refractivity contribution in [3.8, 4) is 5.75 Å². The molecule has 0 aromatic heterocycles. The topological polar surface area (TPSA) is 9.23 Å². The molecular weight excluding hydrogens is 280 g/mol. The highest BCUT2D eigenvalue weighted by molar-refractivity contribution is 9.10. The molecule has 1 nitrogen and oxygen atoms in total. The van der Waals surface area contributed by atoms with Gasteiger partial charge in [-0.05, 0) is 44.3 Å². The van der Waals surface area contributed by atoms with Gasteiger partial charge in [0.25, 0.3) is 0 Å². The second-order valence-electron chi connectivity index (χ2n) is 4.20. The van der Waals surface area contributed by atoms with Gasteiger partial charge in [0, 0.05) is 4.47 Å². The van der Waals surface area contributed by atoms with Crippen molar-refractivity contribution in [1.82, 2.24) is 0 Å². The molecule has 0 heterocycles. The third-order valence-corrected chi connectivity index (χ3v) is 3.86. The van der Waals surface area contributed by atoms with Crippen LogP contribution >= 0.6 is 27.5 Å². The Balaban J connectivity index is 3.06. The van der Waals surface area contributed by atoms with Gasteiger partial charge in [0.1, 0.15) is 5.75 Å². The van der Waals surface area contributed by atoms with Gasteiger partial charge in [0.2, 0.25) is 8.32 Å². The summed E-state index contributed by atoms with van der Waals surface area (Å²) in [5.74, 6) is 0.798. The summed E-state index contributed by atoms with van der Waals surface area (Å²) >= 11 is 9.60. The van der Waals surface area contributed by atoms with Gasteiger partial charge in [-0.2, -0.15) is 0 Å². The van der Waals surface area contributed by atoms with Crippen LogP contribution in [0.1, 0.15) is 5.56 Å². The predicted octanol–water partition coefficient (Wildman–Crippen LogP) is 4.62. The van der Waals surface area contributed by atoms with Crippen molar-refractivity contribution in [2.45, 2.75) is 26.6 Å². The Hall–Kier alpha value is 0.00688. The van der Waals surface area contributed by atoms with Gasteiger partial charge in [-0.25, -0.2) is 0 Å². The molecule has 4 heteroatoms. The van der Waals surface area contributed by atoms with Crippen molar-refractivity contribution >= 4 is 35.8 Å². The van der Waals surface area contributed by atoms with E-state index in [1.807, 2.05) is 19.1 Å². The maximum Gasteiger partial charge on any atom is 0.242 e. The molecule has 0 aliphatic carbocycles. The summed E-state index contributed by atoms with van der Waals surface area (Å²) < 4.78 is 6.87. The number of hydrogen-bond donors (Lipinski definition) is 0. The van der Waals surface area contributed by atoms with Crippen LogP contribution in [0.2, 0.25) is 24.7 Å². The molecule has 0 aliphatic rings. The quantitative estimate of drug-likeness (QED) is 0.723. The second-order valence-corrected chi connectivity index (χ2v) is 9.86. The van der Waals surface area contributed by atoms with Gasteiger partial charge in [0.15, 0.2) is 0 Å². The molecule has 0 spiro atoms. The summed E-state index contributed by atoms with van der Waals surface area (Å²) in [5, 5.41) is 0.710. The van der Waals surface area contributed by atoms with Crippen molar-refractivity contribution in [3.05, 3.63) is 27.2 Å². The summed E-state index contributed by atoms with van der Waals surface area (Å²) in [6, 6.07) is 3.88. The number of halogens is 2. The Morgan fingerprint density at radius 2 is 1.86 bits per heavy atom. The molecule has 0 saturated heterocycles. The van der Waals surface area contributed by atoms with Gasteiger partial charge in [-0.3, -0.25) is 0 Å². The first kappa shape index (κ1) is 12.1. The van der Waals surface area contributed by atoms with Crippen molar-refractivity contribution in [1.29, 1.82) is 0 Å². The van der Waals surface area contributed by atoms with Gasteiger partial charge in [-0.1, -0.05) is 27.5 Å². The minimum Gasteiger partial charge on any atom is -0.543 e. The van der Waals surface area contributed by atoms with Gasteiger partial charge in [-0.15, -0.1) is 0 Å². The fraction of sp³-hybridized carbons (Fsp3) is 0.400. The molecule has 1 rings (SSSR count). The Labute approximate surface area is 99.7 Å². The summed E-state index contributed by atoms with van der Waals surface area (Å²) in [5.41, 5.74) is 1.03. The van der Waals surface area contributed by atoms with Crippen LogP contribution < -0.4 is 4.43 Å². The van der Waals surface area contributed by atoms with Crippen molar-refractivity contribution in [2.75, 3.05) is 0 Å². The van der Waals surface area contributed by atoms with E-state index in [0.29, 0.717) is 5.02 Å². The van der Waals surface area contributed by atoms with Crippen LogP contribution in [0, 0.1) is 6.92 Å². The van der Waals surface area contributed by atoms with Crippen LogP contribution in [0.25, 0.3) is 0 Å². The van der Waals surface area contributed by atoms with Gasteiger partial charge in [0.05, 0.1) is 5.02 Å². The monoisotopic (exact) mass is 292 g/mol.